The smallest absolute Gasteiger partial charge is 0.191 e. The average molecular weight is 354 g/mol. The minimum absolute atomic E-state index is 0.0592. The lowest BCUT2D eigenvalue weighted by atomic mass is 9.80. The average Bonchev–Trinajstić information content (AvgIpc) is 3.10. The van der Waals surface area contributed by atoms with E-state index >= 15 is 0 Å². The van der Waals surface area contributed by atoms with Crippen molar-refractivity contribution < 1.29 is 9.84 Å². The van der Waals surface area contributed by atoms with Crippen LogP contribution < -0.4 is 10.6 Å². The molecule has 5 heteroatoms. The SMILES string of the molecule is CCCCC1CCC(CNC(=NC)NCC2(CCO)CCOC2)CC1. The molecule has 2 fully saturated rings. The summed E-state index contributed by atoms with van der Waals surface area (Å²) in [6, 6.07) is 0. The second-order valence-corrected chi connectivity index (χ2v) is 8.11. The van der Waals surface area contributed by atoms with Crippen molar-refractivity contribution in [3.05, 3.63) is 0 Å². The zero-order valence-corrected chi connectivity index (χ0v) is 16.4. The molecular formula is C20H39N3O2. The van der Waals surface area contributed by atoms with Gasteiger partial charge in [0.15, 0.2) is 5.96 Å². The highest BCUT2D eigenvalue weighted by atomic mass is 16.5. The van der Waals surface area contributed by atoms with Crippen LogP contribution in [-0.4, -0.2) is 51.0 Å². The molecule has 1 unspecified atom stereocenters. The quantitative estimate of drug-likeness (QED) is 0.440. The highest BCUT2D eigenvalue weighted by Crippen LogP contribution is 2.32. The molecule has 0 amide bonds. The standard InChI is InChI=1S/C20H39N3O2/c1-3-4-5-17-6-8-18(9-7-17)14-22-19(21-2)23-15-20(10-12-24)11-13-25-16-20/h17-18,24H,3-16H2,1-2H3,(H2,21,22,23). The van der Waals surface area contributed by atoms with Crippen molar-refractivity contribution in [1.29, 1.82) is 0 Å². The van der Waals surface area contributed by atoms with E-state index in [0.29, 0.717) is 0 Å². The van der Waals surface area contributed by atoms with Crippen LogP contribution in [-0.2, 0) is 4.74 Å². The fourth-order valence-corrected chi connectivity index (χ4v) is 4.26. The molecule has 1 saturated carbocycles. The van der Waals surface area contributed by atoms with Gasteiger partial charge in [0.25, 0.3) is 0 Å². The molecular weight excluding hydrogens is 314 g/mol. The molecule has 3 N–H and O–H groups in total. The number of hydrogen-bond donors (Lipinski definition) is 3. The van der Waals surface area contributed by atoms with Crippen molar-refractivity contribution in [3.8, 4) is 0 Å². The largest absolute Gasteiger partial charge is 0.396 e. The summed E-state index contributed by atoms with van der Waals surface area (Å²) in [5.74, 6) is 2.63. The molecule has 0 bridgehead atoms. The van der Waals surface area contributed by atoms with Crippen LogP contribution in [0.15, 0.2) is 4.99 Å². The maximum absolute atomic E-state index is 9.33. The van der Waals surface area contributed by atoms with Crippen LogP contribution in [0.3, 0.4) is 0 Å². The number of nitrogens with zero attached hydrogens (tertiary/aromatic N) is 1. The second-order valence-electron chi connectivity index (χ2n) is 8.11. The summed E-state index contributed by atoms with van der Waals surface area (Å²) >= 11 is 0. The molecule has 1 saturated heterocycles. The number of aliphatic hydroxyl groups is 1. The Morgan fingerprint density at radius 2 is 1.96 bits per heavy atom. The highest BCUT2D eigenvalue weighted by Gasteiger charge is 2.34. The van der Waals surface area contributed by atoms with Crippen LogP contribution in [0.5, 0.6) is 0 Å². The van der Waals surface area contributed by atoms with E-state index in [-0.39, 0.29) is 12.0 Å². The van der Waals surface area contributed by atoms with Crippen LogP contribution in [0.2, 0.25) is 0 Å². The van der Waals surface area contributed by atoms with E-state index in [1.165, 1.54) is 44.9 Å². The Morgan fingerprint density at radius 3 is 2.56 bits per heavy atom. The fourth-order valence-electron chi connectivity index (χ4n) is 4.26. The minimum atomic E-state index is 0.0592. The van der Waals surface area contributed by atoms with Crippen LogP contribution in [0, 0.1) is 17.3 Å². The van der Waals surface area contributed by atoms with E-state index < -0.39 is 0 Å². The minimum Gasteiger partial charge on any atom is -0.396 e. The van der Waals surface area contributed by atoms with Crippen molar-refractivity contribution >= 4 is 5.96 Å². The molecule has 0 aromatic rings. The molecule has 0 aromatic carbocycles. The predicted molar refractivity (Wildman–Crippen MR) is 104 cm³/mol. The summed E-state index contributed by atoms with van der Waals surface area (Å²) < 4.78 is 5.56. The van der Waals surface area contributed by atoms with Gasteiger partial charge in [0.2, 0.25) is 0 Å². The van der Waals surface area contributed by atoms with E-state index in [2.05, 4.69) is 22.5 Å². The Kier molecular flexibility index (Phi) is 9.04. The third-order valence-electron chi connectivity index (χ3n) is 6.17. The number of aliphatic imine (C=N–C) groups is 1. The van der Waals surface area contributed by atoms with Gasteiger partial charge in [0.1, 0.15) is 0 Å². The van der Waals surface area contributed by atoms with Gasteiger partial charge in [-0.1, -0.05) is 39.0 Å². The second kappa shape index (κ2) is 11.0. The maximum atomic E-state index is 9.33. The zero-order valence-electron chi connectivity index (χ0n) is 16.4. The Labute approximate surface area is 154 Å². The number of aliphatic hydroxyl groups excluding tert-OH is 1. The molecule has 1 aliphatic heterocycles. The van der Waals surface area contributed by atoms with Crippen LogP contribution in [0.4, 0.5) is 0 Å². The van der Waals surface area contributed by atoms with Crippen LogP contribution in [0.25, 0.3) is 0 Å². The Hall–Kier alpha value is -0.810. The monoisotopic (exact) mass is 353 g/mol. The third kappa shape index (κ3) is 6.78. The summed E-state index contributed by atoms with van der Waals surface area (Å²) in [5, 5.41) is 16.3. The van der Waals surface area contributed by atoms with Gasteiger partial charge >= 0.3 is 0 Å². The van der Waals surface area contributed by atoms with Gasteiger partial charge in [0, 0.05) is 38.8 Å². The first-order chi connectivity index (χ1) is 12.2. The Bertz CT molecular complexity index is 386. The molecule has 2 aliphatic rings. The molecule has 25 heavy (non-hydrogen) atoms. The van der Waals surface area contributed by atoms with Crippen molar-refractivity contribution in [2.24, 2.45) is 22.2 Å². The molecule has 2 rings (SSSR count). The fraction of sp³-hybridized carbons (Fsp3) is 0.950. The summed E-state index contributed by atoms with van der Waals surface area (Å²) in [6.45, 7) is 5.88. The van der Waals surface area contributed by atoms with Crippen molar-refractivity contribution in [3.63, 3.8) is 0 Å². The number of guanidine groups is 1. The van der Waals surface area contributed by atoms with Crippen LogP contribution >= 0.6 is 0 Å². The summed E-state index contributed by atoms with van der Waals surface area (Å²) in [4.78, 5) is 4.37. The van der Waals surface area contributed by atoms with E-state index in [4.69, 9.17) is 4.74 Å². The van der Waals surface area contributed by atoms with E-state index in [9.17, 15) is 5.11 Å². The highest BCUT2D eigenvalue weighted by molar-refractivity contribution is 5.79. The van der Waals surface area contributed by atoms with E-state index in [1.54, 1.807) is 0 Å². The van der Waals surface area contributed by atoms with Gasteiger partial charge in [-0.3, -0.25) is 4.99 Å². The lowest BCUT2D eigenvalue weighted by molar-refractivity contribution is 0.127. The number of rotatable bonds is 9. The molecule has 1 aliphatic carbocycles. The third-order valence-corrected chi connectivity index (χ3v) is 6.17. The molecule has 5 nitrogen and oxygen atoms in total. The van der Waals surface area contributed by atoms with Gasteiger partial charge in [0.05, 0.1) is 6.61 Å². The number of hydrogen-bond acceptors (Lipinski definition) is 3. The van der Waals surface area contributed by atoms with Gasteiger partial charge in [-0.25, -0.2) is 0 Å². The maximum Gasteiger partial charge on any atom is 0.191 e. The molecule has 0 radical (unpaired) electrons. The first-order valence-corrected chi connectivity index (χ1v) is 10.3. The topological polar surface area (TPSA) is 65.9 Å². The Balaban J connectivity index is 1.67. The van der Waals surface area contributed by atoms with Gasteiger partial charge in [-0.05, 0) is 37.5 Å². The molecule has 0 spiro atoms. The van der Waals surface area contributed by atoms with Crippen molar-refractivity contribution in [1.82, 2.24) is 10.6 Å². The lowest BCUT2D eigenvalue weighted by Crippen LogP contribution is -2.45. The first kappa shape index (κ1) is 20.5. The van der Waals surface area contributed by atoms with E-state index in [0.717, 1.165) is 56.9 Å². The summed E-state index contributed by atoms with van der Waals surface area (Å²) in [5.41, 5.74) is 0.0592. The molecule has 0 aromatic heterocycles. The number of ether oxygens (including phenoxy) is 1. The van der Waals surface area contributed by atoms with Gasteiger partial charge < -0.3 is 20.5 Å². The lowest BCUT2D eigenvalue weighted by Gasteiger charge is -2.30. The normalized spacial score (nSPS) is 30.4. The number of unbranched alkanes of at least 4 members (excludes halogenated alkanes) is 1. The zero-order chi connectivity index (χ0) is 18.0. The van der Waals surface area contributed by atoms with Crippen molar-refractivity contribution in [2.75, 3.05) is 40.0 Å². The van der Waals surface area contributed by atoms with Crippen LogP contribution in [0.1, 0.15) is 64.7 Å². The van der Waals surface area contributed by atoms with E-state index in [1.807, 2.05) is 7.05 Å². The predicted octanol–water partition coefficient (Wildman–Crippen LogP) is 2.94. The summed E-state index contributed by atoms with van der Waals surface area (Å²) in [6.07, 6.45) is 11.4. The Morgan fingerprint density at radius 1 is 1.20 bits per heavy atom. The molecule has 146 valence electrons. The molecule has 1 atom stereocenters. The molecule has 1 heterocycles. The van der Waals surface area contributed by atoms with Gasteiger partial charge in [-0.15, -0.1) is 0 Å². The van der Waals surface area contributed by atoms with Gasteiger partial charge in [-0.2, -0.15) is 0 Å². The first-order valence-electron chi connectivity index (χ1n) is 10.3. The number of nitrogens with one attached hydrogen (secondary N) is 2. The summed E-state index contributed by atoms with van der Waals surface area (Å²) in [7, 11) is 1.83. The van der Waals surface area contributed by atoms with Crippen molar-refractivity contribution in [2.45, 2.75) is 64.7 Å².